The summed E-state index contributed by atoms with van der Waals surface area (Å²) >= 11 is 0. The molecule has 0 atom stereocenters. The highest BCUT2D eigenvalue weighted by Crippen LogP contribution is 2.00. The molecule has 1 N–H and O–H groups in total. The Bertz CT molecular complexity index is 253. The smallest absolute Gasteiger partial charge is 0.0615 e. The summed E-state index contributed by atoms with van der Waals surface area (Å²) in [4.78, 5) is 0. The van der Waals surface area contributed by atoms with Crippen LogP contribution >= 0.6 is 0 Å². The van der Waals surface area contributed by atoms with E-state index in [4.69, 9.17) is 5.11 Å². The lowest BCUT2D eigenvalue weighted by Gasteiger charge is -1.93. The Morgan fingerprint density at radius 3 is 3.17 bits per heavy atom. The van der Waals surface area contributed by atoms with Gasteiger partial charge in [-0.05, 0) is 6.42 Å². The molecular formula is C9H14N2O. The third-order valence-electron chi connectivity index (χ3n) is 1.52. The second kappa shape index (κ2) is 4.72. The van der Waals surface area contributed by atoms with Crippen molar-refractivity contribution in [3.63, 3.8) is 0 Å². The second-order valence-electron chi connectivity index (χ2n) is 2.62. The predicted molar refractivity (Wildman–Crippen MR) is 48.6 cm³/mol. The number of nitrogens with zero attached hydrogens (tertiary/aromatic N) is 2. The summed E-state index contributed by atoms with van der Waals surface area (Å²) in [6, 6.07) is 0. The fourth-order valence-electron chi connectivity index (χ4n) is 1.01. The normalized spacial score (nSPS) is 11.2. The molecule has 0 amide bonds. The van der Waals surface area contributed by atoms with Gasteiger partial charge in [0.2, 0.25) is 0 Å². The van der Waals surface area contributed by atoms with E-state index in [1.54, 1.807) is 12.3 Å². The largest absolute Gasteiger partial charge is 0.392 e. The lowest BCUT2D eigenvalue weighted by Crippen LogP contribution is -1.95. The molecule has 0 unspecified atom stereocenters. The lowest BCUT2D eigenvalue weighted by molar-refractivity contribution is 0.343. The van der Waals surface area contributed by atoms with Crippen LogP contribution < -0.4 is 0 Å². The zero-order chi connectivity index (χ0) is 8.81. The van der Waals surface area contributed by atoms with Crippen molar-refractivity contribution in [2.24, 2.45) is 0 Å². The standard InChI is InChI=1S/C9H14N2O/c1-2-5-11-8-9(7-10-11)4-3-6-12/h3-4,7-8,12H,2,5-6H2,1H3/b4-3+. The number of hydrogen-bond donors (Lipinski definition) is 1. The summed E-state index contributed by atoms with van der Waals surface area (Å²) in [6.45, 7) is 3.15. The molecule has 0 bridgehead atoms. The summed E-state index contributed by atoms with van der Waals surface area (Å²) in [7, 11) is 0. The third-order valence-corrected chi connectivity index (χ3v) is 1.52. The van der Waals surface area contributed by atoms with Crippen LogP contribution in [-0.2, 0) is 6.54 Å². The lowest BCUT2D eigenvalue weighted by atomic mass is 10.3. The Labute approximate surface area is 72.3 Å². The molecule has 0 fully saturated rings. The molecule has 1 aromatic rings. The van der Waals surface area contributed by atoms with Gasteiger partial charge in [0.1, 0.15) is 0 Å². The van der Waals surface area contributed by atoms with Gasteiger partial charge >= 0.3 is 0 Å². The first-order chi connectivity index (χ1) is 5.86. The minimum atomic E-state index is 0.0823. The fraction of sp³-hybridized carbons (Fsp3) is 0.444. The first-order valence-corrected chi connectivity index (χ1v) is 4.16. The van der Waals surface area contributed by atoms with Gasteiger partial charge in [-0.15, -0.1) is 0 Å². The maximum atomic E-state index is 8.52. The first kappa shape index (κ1) is 9.00. The molecule has 12 heavy (non-hydrogen) atoms. The van der Waals surface area contributed by atoms with Crippen LogP contribution in [0.5, 0.6) is 0 Å². The van der Waals surface area contributed by atoms with Crippen molar-refractivity contribution in [2.45, 2.75) is 19.9 Å². The van der Waals surface area contributed by atoms with Gasteiger partial charge in [0.25, 0.3) is 0 Å². The third kappa shape index (κ3) is 2.51. The average molecular weight is 166 g/mol. The van der Waals surface area contributed by atoms with E-state index in [0.29, 0.717) is 0 Å². The molecule has 3 heteroatoms. The van der Waals surface area contributed by atoms with Crippen molar-refractivity contribution in [3.05, 3.63) is 24.0 Å². The van der Waals surface area contributed by atoms with E-state index in [2.05, 4.69) is 12.0 Å². The average Bonchev–Trinajstić information content (AvgIpc) is 2.50. The maximum Gasteiger partial charge on any atom is 0.0615 e. The zero-order valence-corrected chi connectivity index (χ0v) is 7.27. The van der Waals surface area contributed by atoms with Crippen molar-refractivity contribution in [1.82, 2.24) is 9.78 Å². The Morgan fingerprint density at radius 1 is 1.67 bits per heavy atom. The molecule has 0 spiro atoms. The quantitative estimate of drug-likeness (QED) is 0.732. The molecule has 1 aromatic heterocycles. The van der Waals surface area contributed by atoms with Crippen LogP contribution in [0, 0.1) is 0 Å². The number of aromatic nitrogens is 2. The van der Waals surface area contributed by atoms with E-state index in [9.17, 15) is 0 Å². The van der Waals surface area contributed by atoms with Crippen LogP contribution in [0.15, 0.2) is 18.5 Å². The predicted octanol–water partition coefficient (Wildman–Crippen LogP) is 1.30. The van der Waals surface area contributed by atoms with Crippen LogP contribution in [-0.4, -0.2) is 21.5 Å². The fourth-order valence-corrected chi connectivity index (χ4v) is 1.01. The molecule has 0 saturated heterocycles. The minimum absolute atomic E-state index is 0.0823. The topological polar surface area (TPSA) is 38.0 Å². The molecule has 0 aromatic carbocycles. The van der Waals surface area contributed by atoms with Crippen molar-refractivity contribution in [3.8, 4) is 0 Å². The van der Waals surface area contributed by atoms with E-state index in [1.165, 1.54) is 0 Å². The van der Waals surface area contributed by atoms with Crippen LogP contribution in [0.1, 0.15) is 18.9 Å². The summed E-state index contributed by atoms with van der Waals surface area (Å²) < 4.78 is 1.90. The van der Waals surface area contributed by atoms with Crippen molar-refractivity contribution < 1.29 is 5.11 Å². The number of aliphatic hydroxyl groups excluding tert-OH is 1. The molecule has 1 rings (SSSR count). The Morgan fingerprint density at radius 2 is 2.50 bits per heavy atom. The highest BCUT2D eigenvalue weighted by molar-refractivity contribution is 5.46. The molecule has 0 aliphatic heterocycles. The van der Waals surface area contributed by atoms with Gasteiger partial charge in [-0.3, -0.25) is 4.68 Å². The van der Waals surface area contributed by atoms with Crippen LogP contribution in [0.4, 0.5) is 0 Å². The minimum Gasteiger partial charge on any atom is -0.392 e. The van der Waals surface area contributed by atoms with Gasteiger partial charge in [0, 0.05) is 18.3 Å². The first-order valence-electron chi connectivity index (χ1n) is 4.16. The molecule has 0 aliphatic rings. The zero-order valence-electron chi connectivity index (χ0n) is 7.27. The molecule has 0 radical (unpaired) electrons. The van der Waals surface area contributed by atoms with Crippen molar-refractivity contribution >= 4 is 6.08 Å². The monoisotopic (exact) mass is 166 g/mol. The van der Waals surface area contributed by atoms with Crippen molar-refractivity contribution in [2.75, 3.05) is 6.61 Å². The van der Waals surface area contributed by atoms with Gasteiger partial charge in [0.05, 0.1) is 12.8 Å². The summed E-state index contributed by atoms with van der Waals surface area (Å²) in [6.07, 6.45) is 8.41. The number of rotatable bonds is 4. The van der Waals surface area contributed by atoms with E-state index < -0.39 is 0 Å². The van der Waals surface area contributed by atoms with Gasteiger partial charge < -0.3 is 5.11 Å². The SMILES string of the molecule is CCCn1cc(/C=C/CO)cn1. The van der Waals surface area contributed by atoms with Crippen molar-refractivity contribution in [1.29, 1.82) is 0 Å². The van der Waals surface area contributed by atoms with Crippen LogP contribution in [0.3, 0.4) is 0 Å². The Balaban J connectivity index is 2.57. The van der Waals surface area contributed by atoms with Gasteiger partial charge in [-0.2, -0.15) is 5.10 Å². The van der Waals surface area contributed by atoms with E-state index in [-0.39, 0.29) is 6.61 Å². The molecule has 0 saturated carbocycles. The van der Waals surface area contributed by atoms with Gasteiger partial charge in [-0.1, -0.05) is 19.1 Å². The van der Waals surface area contributed by atoms with E-state index >= 15 is 0 Å². The number of hydrogen-bond acceptors (Lipinski definition) is 2. The second-order valence-corrected chi connectivity index (χ2v) is 2.62. The molecule has 0 aliphatic carbocycles. The van der Waals surface area contributed by atoms with Crippen LogP contribution in [0.25, 0.3) is 6.08 Å². The highest BCUT2D eigenvalue weighted by Gasteiger charge is 1.92. The van der Waals surface area contributed by atoms with Gasteiger partial charge in [-0.25, -0.2) is 0 Å². The molecule has 1 heterocycles. The number of aliphatic hydroxyl groups is 1. The van der Waals surface area contributed by atoms with Crippen LogP contribution in [0.2, 0.25) is 0 Å². The number of aryl methyl sites for hydroxylation is 1. The highest BCUT2D eigenvalue weighted by atomic mass is 16.2. The summed E-state index contributed by atoms with van der Waals surface area (Å²) in [5.74, 6) is 0. The molecule has 3 nitrogen and oxygen atoms in total. The van der Waals surface area contributed by atoms with E-state index in [1.807, 2.05) is 17.0 Å². The van der Waals surface area contributed by atoms with Gasteiger partial charge in [0.15, 0.2) is 0 Å². The molecule has 66 valence electrons. The summed E-state index contributed by atoms with van der Waals surface area (Å²) in [5, 5.41) is 12.7. The molecular weight excluding hydrogens is 152 g/mol. The summed E-state index contributed by atoms with van der Waals surface area (Å²) in [5.41, 5.74) is 1.04. The maximum absolute atomic E-state index is 8.52. The Hall–Kier alpha value is -1.09. The van der Waals surface area contributed by atoms with E-state index in [0.717, 1.165) is 18.5 Å². The Kier molecular flexibility index (Phi) is 3.54.